The lowest BCUT2D eigenvalue weighted by molar-refractivity contribution is 0.668. The molecule has 11 aromatic rings. The van der Waals surface area contributed by atoms with E-state index < -0.39 is 0 Å². The van der Waals surface area contributed by atoms with Crippen LogP contribution in [0.2, 0.25) is 0 Å². The lowest BCUT2D eigenvalue weighted by Gasteiger charge is -2.13. The summed E-state index contributed by atoms with van der Waals surface area (Å²) in [5, 5.41) is 5.68. The first kappa shape index (κ1) is 29.6. The molecule has 3 heterocycles. The molecule has 8 aromatic carbocycles. The van der Waals surface area contributed by atoms with Gasteiger partial charge in [0.1, 0.15) is 22.3 Å². The van der Waals surface area contributed by atoms with Crippen LogP contribution in [0.1, 0.15) is 0 Å². The standard InChI is InChI=1S/C50H31NO2/c1-3-11-32(12-4-1)34-19-22-46-42(28-34)45(33-13-5-2-6-14-33)31-51(46)39-26-37(35-20-23-49-43(29-35)40-15-7-9-17-47(40)52-49)25-38(27-39)36-21-24-50-44(30-36)41-16-8-10-18-48(41)53-50/h1-31H. The minimum absolute atomic E-state index is 0.891. The Morgan fingerprint density at radius 2 is 0.774 bits per heavy atom. The van der Waals surface area contributed by atoms with Crippen LogP contribution in [-0.4, -0.2) is 4.57 Å². The van der Waals surface area contributed by atoms with E-state index in [1.807, 2.05) is 24.3 Å². The molecule has 53 heavy (non-hydrogen) atoms. The highest BCUT2D eigenvalue weighted by Crippen LogP contribution is 2.40. The second-order valence-corrected chi connectivity index (χ2v) is 13.8. The van der Waals surface area contributed by atoms with Crippen molar-refractivity contribution in [1.29, 1.82) is 0 Å². The Bertz CT molecular complexity index is 3030. The highest BCUT2D eigenvalue weighted by molar-refractivity contribution is 6.08. The van der Waals surface area contributed by atoms with Crippen molar-refractivity contribution >= 4 is 54.8 Å². The van der Waals surface area contributed by atoms with Crippen LogP contribution < -0.4 is 0 Å². The zero-order valence-corrected chi connectivity index (χ0v) is 28.7. The SMILES string of the molecule is c1ccc(-c2ccc3c(c2)c(-c2ccccc2)cn3-c2cc(-c3ccc4oc5ccccc5c4c3)cc(-c3ccc4oc5ccccc5c4c3)c2)cc1. The van der Waals surface area contributed by atoms with E-state index in [0.717, 1.165) is 77.3 Å². The fourth-order valence-corrected chi connectivity index (χ4v) is 8.00. The molecule has 3 aromatic heterocycles. The number of para-hydroxylation sites is 2. The monoisotopic (exact) mass is 677 g/mol. The van der Waals surface area contributed by atoms with Crippen molar-refractivity contribution in [1.82, 2.24) is 4.57 Å². The Labute approximate surface area is 305 Å². The predicted molar refractivity (Wildman–Crippen MR) is 220 cm³/mol. The van der Waals surface area contributed by atoms with Crippen LogP contribution in [0, 0.1) is 0 Å². The van der Waals surface area contributed by atoms with Crippen LogP contribution in [0.3, 0.4) is 0 Å². The van der Waals surface area contributed by atoms with E-state index in [0.29, 0.717) is 0 Å². The fraction of sp³-hybridized carbons (Fsp3) is 0. The Morgan fingerprint density at radius 1 is 0.302 bits per heavy atom. The second-order valence-electron chi connectivity index (χ2n) is 13.8. The minimum Gasteiger partial charge on any atom is -0.456 e. The molecule has 0 fully saturated rings. The molecule has 0 saturated heterocycles. The molecule has 3 nitrogen and oxygen atoms in total. The summed E-state index contributed by atoms with van der Waals surface area (Å²) in [5.74, 6) is 0. The molecule has 0 amide bonds. The molecule has 3 heteroatoms. The number of rotatable bonds is 5. The molecule has 0 radical (unpaired) electrons. The van der Waals surface area contributed by atoms with E-state index in [1.54, 1.807) is 0 Å². The maximum Gasteiger partial charge on any atom is 0.135 e. The average molecular weight is 678 g/mol. The van der Waals surface area contributed by atoms with Crippen LogP contribution in [0.15, 0.2) is 197 Å². The lowest BCUT2D eigenvalue weighted by Crippen LogP contribution is -1.94. The summed E-state index contributed by atoms with van der Waals surface area (Å²) >= 11 is 0. The van der Waals surface area contributed by atoms with Gasteiger partial charge in [-0.3, -0.25) is 0 Å². The van der Waals surface area contributed by atoms with Gasteiger partial charge in [-0.15, -0.1) is 0 Å². The van der Waals surface area contributed by atoms with Gasteiger partial charge in [0.2, 0.25) is 0 Å². The van der Waals surface area contributed by atoms with E-state index in [4.69, 9.17) is 8.83 Å². The molecule has 0 aliphatic rings. The van der Waals surface area contributed by atoms with E-state index in [-0.39, 0.29) is 0 Å². The lowest BCUT2D eigenvalue weighted by atomic mass is 9.96. The topological polar surface area (TPSA) is 31.2 Å². The second kappa shape index (κ2) is 11.7. The van der Waals surface area contributed by atoms with Crippen LogP contribution >= 0.6 is 0 Å². The number of hydrogen-bond donors (Lipinski definition) is 0. The number of hydrogen-bond acceptors (Lipinski definition) is 2. The number of nitrogens with zero attached hydrogens (tertiary/aromatic N) is 1. The number of benzene rings is 8. The molecule has 0 N–H and O–H groups in total. The van der Waals surface area contributed by atoms with Gasteiger partial charge in [0.15, 0.2) is 0 Å². The maximum absolute atomic E-state index is 6.22. The zero-order chi connectivity index (χ0) is 34.9. The number of aromatic nitrogens is 1. The first-order valence-corrected chi connectivity index (χ1v) is 18.0. The molecular formula is C50H31NO2. The van der Waals surface area contributed by atoms with Gasteiger partial charge >= 0.3 is 0 Å². The van der Waals surface area contributed by atoms with Crippen molar-refractivity contribution in [2.45, 2.75) is 0 Å². The summed E-state index contributed by atoms with van der Waals surface area (Å²) < 4.78 is 14.8. The van der Waals surface area contributed by atoms with Gasteiger partial charge in [0, 0.05) is 44.4 Å². The van der Waals surface area contributed by atoms with Gasteiger partial charge in [-0.05, 0) is 106 Å². The molecular weight excluding hydrogens is 647 g/mol. The molecule has 0 unspecified atom stereocenters. The van der Waals surface area contributed by atoms with Crippen LogP contribution in [0.4, 0.5) is 0 Å². The Kier molecular flexibility index (Phi) is 6.55. The third kappa shape index (κ3) is 4.90. The number of fused-ring (bicyclic) bond motifs is 7. The van der Waals surface area contributed by atoms with Crippen molar-refractivity contribution in [2.75, 3.05) is 0 Å². The third-order valence-electron chi connectivity index (χ3n) is 10.6. The maximum atomic E-state index is 6.22. The third-order valence-corrected chi connectivity index (χ3v) is 10.6. The van der Waals surface area contributed by atoms with Crippen molar-refractivity contribution in [3.63, 3.8) is 0 Å². The molecule has 0 aliphatic carbocycles. The van der Waals surface area contributed by atoms with E-state index >= 15 is 0 Å². The highest BCUT2D eigenvalue weighted by atomic mass is 16.3. The highest BCUT2D eigenvalue weighted by Gasteiger charge is 2.17. The van der Waals surface area contributed by atoms with Crippen LogP contribution in [0.25, 0.3) is 105 Å². The Hall–Kier alpha value is -7.10. The van der Waals surface area contributed by atoms with E-state index in [1.165, 1.54) is 27.6 Å². The Balaban J connectivity index is 1.16. The Morgan fingerprint density at radius 3 is 1.38 bits per heavy atom. The molecule has 0 bridgehead atoms. The molecule has 11 rings (SSSR count). The summed E-state index contributed by atoms with van der Waals surface area (Å²) in [6.07, 6.45) is 2.30. The molecule has 0 aliphatic heterocycles. The van der Waals surface area contributed by atoms with Crippen molar-refractivity contribution < 1.29 is 8.83 Å². The van der Waals surface area contributed by atoms with Gasteiger partial charge in [-0.1, -0.05) is 115 Å². The van der Waals surface area contributed by atoms with Gasteiger partial charge < -0.3 is 13.4 Å². The van der Waals surface area contributed by atoms with Gasteiger partial charge in [-0.2, -0.15) is 0 Å². The molecule has 0 saturated carbocycles. The quantitative estimate of drug-likeness (QED) is 0.182. The van der Waals surface area contributed by atoms with E-state index in [9.17, 15) is 0 Å². The first-order chi connectivity index (χ1) is 26.2. The van der Waals surface area contributed by atoms with Gasteiger partial charge in [-0.25, -0.2) is 0 Å². The zero-order valence-electron chi connectivity index (χ0n) is 28.7. The minimum atomic E-state index is 0.891. The van der Waals surface area contributed by atoms with E-state index in [2.05, 4.69) is 168 Å². The largest absolute Gasteiger partial charge is 0.456 e. The van der Waals surface area contributed by atoms with Crippen molar-refractivity contribution in [3.05, 3.63) is 188 Å². The van der Waals surface area contributed by atoms with Crippen LogP contribution in [0.5, 0.6) is 0 Å². The summed E-state index contributed by atoms with van der Waals surface area (Å²) in [4.78, 5) is 0. The van der Waals surface area contributed by atoms with Gasteiger partial charge in [0.05, 0.1) is 5.52 Å². The smallest absolute Gasteiger partial charge is 0.135 e. The van der Waals surface area contributed by atoms with Crippen molar-refractivity contribution in [3.8, 4) is 50.2 Å². The summed E-state index contributed by atoms with van der Waals surface area (Å²) in [7, 11) is 0. The summed E-state index contributed by atoms with van der Waals surface area (Å²) in [5.41, 5.74) is 15.1. The summed E-state index contributed by atoms with van der Waals surface area (Å²) in [6.45, 7) is 0. The first-order valence-electron chi connectivity index (χ1n) is 18.0. The average Bonchev–Trinajstić information content (AvgIpc) is 3.92. The molecule has 0 spiro atoms. The van der Waals surface area contributed by atoms with Crippen LogP contribution in [-0.2, 0) is 0 Å². The predicted octanol–water partition coefficient (Wildman–Crippen LogP) is 14.1. The summed E-state index contributed by atoms with van der Waals surface area (Å²) in [6, 6.07) is 64.8. The van der Waals surface area contributed by atoms with Crippen molar-refractivity contribution in [2.24, 2.45) is 0 Å². The molecule has 248 valence electrons. The molecule has 0 atom stereocenters. The number of furan rings is 2. The normalized spacial score (nSPS) is 11.8. The fourth-order valence-electron chi connectivity index (χ4n) is 8.00. The van der Waals surface area contributed by atoms with Gasteiger partial charge in [0.25, 0.3) is 0 Å².